The maximum atomic E-state index is 13.6. The highest BCUT2D eigenvalue weighted by molar-refractivity contribution is 6.31. The van der Waals surface area contributed by atoms with Crippen LogP contribution in [0.1, 0.15) is 50.4 Å². The molecule has 1 aromatic carbocycles. The molecule has 1 aromatic heterocycles. The van der Waals surface area contributed by atoms with Gasteiger partial charge in [0.25, 0.3) is 0 Å². The van der Waals surface area contributed by atoms with Crippen LogP contribution >= 0.6 is 23.2 Å². The first kappa shape index (κ1) is 14.2. The van der Waals surface area contributed by atoms with E-state index in [1.54, 1.807) is 6.07 Å². The predicted octanol–water partition coefficient (Wildman–Crippen LogP) is 5.49. The summed E-state index contributed by atoms with van der Waals surface area (Å²) in [6.45, 7) is 4.08. The maximum absolute atomic E-state index is 13.6. The highest BCUT2D eigenvalue weighted by Crippen LogP contribution is 2.40. The fourth-order valence-electron chi connectivity index (χ4n) is 2.95. The van der Waals surface area contributed by atoms with Gasteiger partial charge in [0.1, 0.15) is 11.6 Å². The van der Waals surface area contributed by atoms with Gasteiger partial charge in [0.05, 0.1) is 21.4 Å². The Morgan fingerprint density at radius 3 is 2.60 bits per heavy atom. The van der Waals surface area contributed by atoms with Crippen molar-refractivity contribution in [1.29, 1.82) is 0 Å². The molecule has 0 amide bonds. The third-order valence-corrected chi connectivity index (χ3v) is 4.84. The van der Waals surface area contributed by atoms with Crippen molar-refractivity contribution in [2.45, 2.75) is 44.5 Å². The lowest BCUT2D eigenvalue weighted by atomic mass is 9.80. The van der Waals surface area contributed by atoms with E-state index >= 15 is 0 Å². The Bertz CT molecular complexity index is 647. The molecule has 5 heteroatoms. The number of hydrogen-bond donors (Lipinski definition) is 0. The third kappa shape index (κ3) is 2.21. The molecule has 0 N–H and O–H groups in total. The number of alkyl halides is 1. The van der Waals surface area contributed by atoms with Gasteiger partial charge >= 0.3 is 0 Å². The molecule has 0 radical (unpaired) electrons. The van der Waals surface area contributed by atoms with Crippen molar-refractivity contribution in [2.75, 3.05) is 0 Å². The lowest BCUT2D eigenvalue weighted by molar-refractivity contribution is 0.223. The van der Waals surface area contributed by atoms with Gasteiger partial charge in [-0.05, 0) is 38.7 Å². The topological polar surface area (TPSA) is 17.8 Å². The highest BCUT2D eigenvalue weighted by Gasteiger charge is 2.29. The molecule has 2 unspecified atom stereocenters. The van der Waals surface area contributed by atoms with Crippen molar-refractivity contribution in [1.82, 2.24) is 9.55 Å². The van der Waals surface area contributed by atoms with Crippen LogP contribution < -0.4 is 0 Å². The molecule has 2 aromatic rings. The third-order valence-electron chi connectivity index (χ3n) is 4.35. The quantitative estimate of drug-likeness (QED) is 0.685. The van der Waals surface area contributed by atoms with Gasteiger partial charge in [-0.15, -0.1) is 11.6 Å². The van der Waals surface area contributed by atoms with E-state index in [1.807, 2.05) is 6.92 Å². The first-order valence-corrected chi connectivity index (χ1v) is 7.81. The van der Waals surface area contributed by atoms with Crippen LogP contribution in [0.3, 0.4) is 0 Å². The van der Waals surface area contributed by atoms with Crippen LogP contribution in [0.15, 0.2) is 12.1 Å². The largest absolute Gasteiger partial charge is 0.324 e. The van der Waals surface area contributed by atoms with E-state index in [4.69, 9.17) is 23.2 Å². The summed E-state index contributed by atoms with van der Waals surface area (Å²) in [7, 11) is 0. The number of nitrogens with zero attached hydrogens (tertiary/aromatic N) is 2. The van der Waals surface area contributed by atoms with Crippen molar-refractivity contribution >= 4 is 34.2 Å². The van der Waals surface area contributed by atoms with Gasteiger partial charge in [-0.1, -0.05) is 18.0 Å². The number of imidazole rings is 1. The summed E-state index contributed by atoms with van der Waals surface area (Å²) in [4.78, 5) is 4.51. The van der Waals surface area contributed by atoms with E-state index in [9.17, 15) is 4.39 Å². The standard InChI is InChI=1S/C15H17Cl2FN2/c1-8(16)15-19-13-7-12(18)11(17)6-14(13)20(15)9(2)10-4-3-5-10/h6-10H,3-5H2,1-2H3. The van der Waals surface area contributed by atoms with Gasteiger partial charge in [-0.2, -0.15) is 0 Å². The van der Waals surface area contributed by atoms with E-state index in [-0.39, 0.29) is 10.4 Å². The van der Waals surface area contributed by atoms with Gasteiger partial charge in [-0.3, -0.25) is 0 Å². The van der Waals surface area contributed by atoms with E-state index < -0.39 is 5.82 Å². The van der Waals surface area contributed by atoms with Crippen LogP contribution in [0.25, 0.3) is 11.0 Å². The van der Waals surface area contributed by atoms with Gasteiger partial charge in [-0.25, -0.2) is 9.37 Å². The first-order valence-electron chi connectivity index (χ1n) is 7.00. The zero-order valence-corrected chi connectivity index (χ0v) is 13.0. The summed E-state index contributed by atoms with van der Waals surface area (Å²) >= 11 is 12.2. The molecule has 1 fully saturated rings. The second-order valence-corrected chi connectivity index (χ2v) is 6.70. The van der Waals surface area contributed by atoms with E-state index in [0.29, 0.717) is 17.5 Å². The monoisotopic (exact) mass is 314 g/mol. The zero-order chi connectivity index (χ0) is 14.4. The van der Waals surface area contributed by atoms with Crippen LogP contribution in [-0.4, -0.2) is 9.55 Å². The minimum absolute atomic E-state index is 0.133. The fourth-order valence-corrected chi connectivity index (χ4v) is 3.26. The molecule has 0 spiro atoms. The van der Waals surface area contributed by atoms with E-state index in [1.165, 1.54) is 25.3 Å². The summed E-state index contributed by atoms with van der Waals surface area (Å²) in [5.74, 6) is 1.00. The van der Waals surface area contributed by atoms with Crippen molar-refractivity contribution in [3.63, 3.8) is 0 Å². The van der Waals surface area contributed by atoms with Gasteiger partial charge in [0, 0.05) is 12.1 Å². The number of benzene rings is 1. The molecule has 0 aliphatic heterocycles. The molecule has 0 bridgehead atoms. The zero-order valence-electron chi connectivity index (χ0n) is 11.5. The molecule has 1 heterocycles. The fraction of sp³-hybridized carbons (Fsp3) is 0.533. The second kappa shape index (κ2) is 5.19. The molecule has 2 nitrogen and oxygen atoms in total. The number of hydrogen-bond acceptors (Lipinski definition) is 1. The van der Waals surface area contributed by atoms with Crippen molar-refractivity contribution in [3.05, 3.63) is 28.8 Å². The van der Waals surface area contributed by atoms with Crippen LogP contribution in [0.2, 0.25) is 5.02 Å². The molecule has 20 heavy (non-hydrogen) atoms. The summed E-state index contributed by atoms with van der Waals surface area (Å²) in [6.07, 6.45) is 3.74. The number of aromatic nitrogens is 2. The van der Waals surface area contributed by atoms with Gasteiger partial charge in [0.2, 0.25) is 0 Å². The smallest absolute Gasteiger partial charge is 0.144 e. The normalized spacial score (nSPS) is 19.1. The summed E-state index contributed by atoms with van der Waals surface area (Å²) < 4.78 is 15.8. The molecular formula is C15H17Cl2FN2. The summed E-state index contributed by atoms with van der Waals surface area (Å²) in [5.41, 5.74) is 1.50. The molecule has 1 aliphatic carbocycles. The molecule has 0 saturated heterocycles. The maximum Gasteiger partial charge on any atom is 0.144 e. The highest BCUT2D eigenvalue weighted by atomic mass is 35.5. The minimum Gasteiger partial charge on any atom is -0.324 e. The number of fused-ring (bicyclic) bond motifs is 1. The van der Waals surface area contributed by atoms with E-state index in [0.717, 1.165) is 11.3 Å². The van der Waals surface area contributed by atoms with Crippen LogP contribution in [0, 0.1) is 11.7 Å². The summed E-state index contributed by atoms with van der Waals surface area (Å²) in [5, 5.41) is -0.0833. The Hall–Kier alpha value is -0.800. The molecule has 1 saturated carbocycles. The van der Waals surface area contributed by atoms with Gasteiger partial charge in [0.15, 0.2) is 0 Å². The molecular weight excluding hydrogens is 298 g/mol. The van der Waals surface area contributed by atoms with Crippen molar-refractivity contribution in [3.8, 4) is 0 Å². The van der Waals surface area contributed by atoms with Crippen LogP contribution in [-0.2, 0) is 0 Å². The Labute approximate surface area is 127 Å². The summed E-state index contributed by atoms with van der Waals surface area (Å²) in [6, 6.07) is 3.37. The SMILES string of the molecule is CC(Cl)c1nc2cc(F)c(Cl)cc2n1C(C)C1CCC1. The van der Waals surface area contributed by atoms with Crippen LogP contribution in [0.5, 0.6) is 0 Å². The average molecular weight is 315 g/mol. The Morgan fingerprint density at radius 1 is 1.35 bits per heavy atom. The van der Waals surface area contributed by atoms with Gasteiger partial charge < -0.3 is 4.57 Å². The second-order valence-electron chi connectivity index (χ2n) is 5.64. The molecule has 108 valence electrons. The van der Waals surface area contributed by atoms with Crippen molar-refractivity contribution < 1.29 is 4.39 Å². The molecule has 1 aliphatic rings. The lowest BCUT2D eigenvalue weighted by Gasteiger charge is -2.33. The van der Waals surface area contributed by atoms with Crippen molar-refractivity contribution in [2.24, 2.45) is 5.92 Å². The van der Waals surface area contributed by atoms with Crippen LogP contribution in [0.4, 0.5) is 4.39 Å². The minimum atomic E-state index is -0.436. The van der Waals surface area contributed by atoms with E-state index in [2.05, 4.69) is 16.5 Å². The predicted molar refractivity (Wildman–Crippen MR) is 81.0 cm³/mol. The molecule has 2 atom stereocenters. The Kier molecular flexibility index (Phi) is 3.67. The Morgan fingerprint density at radius 2 is 2.05 bits per heavy atom. The number of halogens is 3. The number of rotatable bonds is 3. The lowest BCUT2D eigenvalue weighted by Crippen LogP contribution is -2.24. The first-order chi connectivity index (χ1) is 9.49. The molecule has 3 rings (SSSR count). The Balaban J connectivity index is 2.20. The average Bonchev–Trinajstić information content (AvgIpc) is 2.66.